The summed E-state index contributed by atoms with van der Waals surface area (Å²) in [5.41, 5.74) is 14.8. The van der Waals surface area contributed by atoms with Crippen LogP contribution in [0.1, 0.15) is 126 Å². The van der Waals surface area contributed by atoms with E-state index in [-0.39, 0.29) is 118 Å². The van der Waals surface area contributed by atoms with Crippen LogP contribution in [0.2, 0.25) is 0 Å². The van der Waals surface area contributed by atoms with Crippen molar-refractivity contribution < 1.29 is 86.6 Å². The van der Waals surface area contributed by atoms with Gasteiger partial charge >= 0.3 is 39.0 Å². The van der Waals surface area contributed by atoms with E-state index in [2.05, 4.69) is 0 Å². The molecule has 6 aliphatic rings. The smallest absolute Gasteiger partial charge is 0.657 e. The zero-order valence-electron chi connectivity index (χ0n) is 63.3. The number of benzene rings is 6. The van der Waals surface area contributed by atoms with E-state index in [1.54, 1.807) is 52.0 Å². The number of nitrogens with zero attached hydrogens (tertiary/aromatic N) is 8. The molecular weight excluding hydrogens is 1530 g/mol. The number of allylic oxidation sites excluding steroid dienone is 4. The molecule has 0 saturated heterocycles. The first-order chi connectivity index (χ1) is 54.7. The molecule has 12 aromatic rings. The molecule has 0 fully saturated rings. The Labute approximate surface area is 680 Å². The van der Waals surface area contributed by atoms with Gasteiger partial charge in [-0.2, -0.15) is 0 Å². The van der Waals surface area contributed by atoms with Crippen LogP contribution >= 0.6 is 0 Å². The van der Waals surface area contributed by atoms with Crippen molar-refractivity contribution in [3.8, 4) is 78.6 Å². The summed E-state index contributed by atoms with van der Waals surface area (Å²) in [7, 11) is 5.80. The van der Waals surface area contributed by atoms with Crippen LogP contribution < -0.4 is 38.9 Å². The van der Waals surface area contributed by atoms with Crippen molar-refractivity contribution in [2.24, 2.45) is 0 Å². The summed E-state index contributed by atoms with van der Waals surface area (Å²) in [5.74, 6) is -1.93. The predicted octanol–water partition coefficient (Wildman–Crippen LogP) is 18.9. The third-order valence-electron chi connectivity index (χ3n) is 20.3. The van der Waals surface area contributed by atoms with Crippen LogP contribution in [0.5, 0.6) is 23.0 Å². The van der Waals surface area contributed by atoms with Crippen LogP contribution in [0.15, 0.2) is 206 Å². The number of hydrogen-bond donors (Lipinski definition) is 0. The van der Waals surface area contributed by atoms with Gasteiger partial charge in [0.15, 0.2) is 11.5 Å². The molecule has 18 nitrogen and oxygen atoms in total. The molecule has 0 spiro atoms. The number of methoxy groups -OCH3 is 4. The molecule has 0 radical (unpaired) electrons. The maximum absolute atomic E-state index is 15.9. The fourth-order valence-electron chi connectivity index (χ4n) is 15.6. The van der Waals surface area contributed by atoms with Crippen LogP contribution in [0, 0.1) is 0 Å². The summed E-state index contributed by atoms with van der Waals surface area (Å²) in [4.78, 5) is 107. The Bertz CT molecular complexity index is 6170. The summed E-state index contributed by atoms with van der Waals surface area (Å²) in [5, 5.41) is 0. The first kappa shape index (κ1) is 74.8. The SMILES string of the molecule is COc1ccc(OC)c2c1C(=O)C(OC(C)C)=C(c1c3nc(c(-c4ccccc4)c4ccc([n-]4)c(-c4c5nc(c(-c6ccccc6)c6ccc([n-]6)c(C6=C(OC(C)C)C(=O)c7c(OC)ccc(OC)c7C6=O)c6nc(c(-c7ccccc7)c7ccc4[n-]7)C=C6)C=C5)c4nc(c(-c5ccccc5)c5ccc1[n-]5)C=C4)C=C3)C2=O.[Zn+2].[Zn+2]. The van der Waals surface area contributed by atoms with Crippen molar-refractivity contribution in [1.29, 1.82) is 0 Å². The normalized spacial score (nSPS) is 13.3. The number of rotatable bonds is 15. The summed E-state index contributed by atoms with van der Waals surface area (Å²) >= 11 is 0. The molecule has 0 unspecified atom stereocenters. The Morgan fingerprint density at radius 3 is 0.675 bits per heavy atom. The Kier molecular flexibility index (Phi) is 20.0. The van der Waals surface area contributed by atoms with E-state index in [0.29, 0.717) is 123 Å². The van der Waals surface area contributed by atoms with Gasteiger partial charge in [0.25, 0.3) is 0 Å². The first-order valence-corrected chi connectivity index (χ1v) is 36.5. The minimum Gasteiger partial charge on any atom is -0.657 e. The van der Waals surface area contributed by atoms with Gasteiger partial charge in [-0.3, -0.25) is 19.2 Å². The van der Waals surface area contributed by atoms with Crippen molar-refractivity contribution in [3.05, 3.63) is 285 Å². The number of Topliss-reactive ketones (excluding diaryl/α,β-unsaturated/α-hetero) is 4. The quantitative estimate of drug-likeness (QED) is 0.0868. The second-order valence-electron chi connectivity index (χ2n) is 27.7. The third kappa shape index (κ3) is 12.7. The van der Waals surface area contributed by atoms with Crippen LogP contribution in [-0.4, -0.2) is 83.7 Å². The van der Waals surface area contributed by atoms with E-state index in [9.17, 15) is 0 Å². The van der Waals surface area contributed by atoms with Gasteiger partial charge in [-0.25, -0.2) is 19.9 Å². The van der Waals surface area contributed by atoms with E-state index in [1.807, 2.05) is 218 Å². The molecule has 0 amide bonds. The molecule has 2 aliphatic carbocycles. The molecule has 6 aromatic heterocycles. The van der Waals surface area contributed by atoms with Crippen molar-refractivity contribution in [2.45, 2.75) is 39.9 Å². The van der Waals surface area contributed by atoms with Crippen LogP contribution in [0.3, 0.4) is 0 Å². The number of hydrogen-bond acceptors (Lipinski definition) is 14. The van der Waals surface area contributed by atoms with Gasteiger partial charge in [-0.05, 0) is 156 Å². The van der Waals surface area contributed by atoms with Gasteiger partial charge in [-0.1, -0.05) is 170 Å². The number of ketones is 4. The van der Waals surface area contributed by atoms with Gasteiger partial charge in [0.1, 0.15) is 23.0 Å². The monoisotopic (exact) mass is 1590 g/mol. The molecule has 0 N–H and O–H groups in total. The van der Waals surface area contributed by atoms with Crippen molar-refractivity contribution >= 4 is 127 Å². The molecule has 114 heavy (non-hydrogen) atoms. The average molecular weight is 1600 g/mol. The van der Waals surface area contributed by atoms with Crippen molar-refractivity contribution in [1.82, 2.24) is 39.9 Å². The van der Waals surface area contributed by atoms with Crippen LogP contribution in [0.4, 0.5) is 0 Å². The van der Waals surface area contributed by atoms with E-state index in [4.69, 9.17) is 68.3 Å². The molecule has 0 saturated carbocycles. The van der Waals surface area contributed by atoms with Crippen molar-refractivity contribution in [2.75, 3.05) is 28.4 Å². The summed E-state index contributed by atoms with van der Waals surface area (Å²) in [6.07, 6.45) is 14.2. The van der Waals surface area contributed by atoms with Gasteiger partial charge in [0.2, 0.25) is 23.1 Å². The molecule has 0 atom stereocenters. The first-order valence-electron chi connectivity index (χ1n) is 36.5. The molecule has 546 valence electrons. The van der Waals surface area contributed by atoms with Gasteiger partial charge in [-0.15, -0.1) is 44.1 Å². The second-order valence-corrected chi connectivity index (χ2v) is 27.7. The topological polar surface area (TPSA) is 232 Å². The van der Waals surface area contributed by atoms with Gasteiger partial charge < -0.3 is 48.4 Å². The molecule has 10 heterocycles. The Morgan fingerprint density at radius 2 is 0.447 bits per heavy atom. The van der Waals surface area contributed by atoms with Gasteiger partial charge in [0, 0.05) is 11.1 Å². The van der Waals surface area contributed by atoms with E-state index in [0.717, 1.165) is 22.3 Å². The van der Waals surface area contributed by atoms with Crippen molar-refractivity contribution in [3.63, 3.8) is 0 Å². The van der Waals surface area contributed by atoms with Gasteiger partial charge in [0.05, 0.1) is 120 Å². The zero-order chi connectivity index (χ0) is 76.7. The average Bonchev–Trinajstić information content (AvgIpc) is 1.34. The molecule has 16 bridgehead atoms. The molecule has 4 aliphatic heterocycles. The fraction of sp³-hybridized carbons (Fsp3) is 0.106. The standard InChI is InChI=1S/C94H70N8O10.2Zn/c1-49(2)111-93-87(89(103)83-71(107-5)45-47-73(109-7)85(83)91(93)105)81-67-41-33-59(99-67)75(51-21-13-9-14-22-51)55-29-37-63(95-55)79(64-38-30-56(96-64)76(52-23-15-10-16-24-52)60-34-42-68(81)100-60)80-65-39-31-57(97-65)77(53-25-17-11-18-26-53)61-35-43-69(101-61)82(70-44-36-62(102-70)78(54-27-19-12-20-28-54)58-32-40-66(80)98-58)88-90(104)84-72(108-6)46-48-74(110-8)86(84)92(106)94(88)112-50(3)4;;/h9-50H,1-8H3,(H4,95,96,97,98,99,100,101,102,103,104,105,106);;/q;2*+2/p-4. The van der Waals surface area contributed by atoms with Crippen LogP contribution in [0.25, 0.3) is 160 Å². The molecular formula is C94H66N8O10Zn2. The number of carbonyl (C=O) groups excluding carboxylic acids is 4. The fourth-order valence-corrected chi connectivity index (χ4v) is 15.6. The number of aromatic nitrogens is 8. The van der Waals surface area contributed by atoms with E-state index >= 15 is 19.2 Å². The van der Waals surface area contributed by atoms with E-state index in [1.165, 1.54) is 28.4 Å². The Hall–Kier alpha value is -13.3. The van der Waals surface area contributed by atoms with E-state index < -0.39 is 35.3 Å². The second kappa shape index (κ2) is 30.4. The number of ether oxygens (including phenoxy) is 6. The largest absolute Gasteiger partial charge is 2.00 e. The molecule has 6 aromatic carbocycles. The molecule has 18 rings (SSSR count). The maximum Gasteiger partial charge on any atom is 2.00 e. The summed E-state index contributed by atoms with van der Waals surface area (Å²) in [6, 6.07) is 61.1. The number of carbonyl (C=O) groups is 4. The predicted molar refractivity (Wildman–Crippen MR) is 437 cm³/mol. The Balaban J connectivity index is 0.00000489. The minimum atomic E-state index is -0.574. The molecule has 20 heteroatoms. The minimum absolute atomic E-state index is 0. The zero-order valence-corrected chi connectivity index (χ0v) is 69.3. The third-order valence-corrected chi connectivity index (χ3v) is 20.3. The maximum atomic E-state index is 15.9. The Morgan fingerprint density at radius 1 is 0.246 bits per heavy atom. The summed E-state index contributed by atoms with van der Waals surface area (Å²) < 4.78 is 36.4. The summed E-state index contributed by atoms with van der Waals surface area (Å²) in [6.45, 7) is 7.19. The number of fused-ring (bicyclic) bond motifs is 18. The van der Waals surface area contributed by atoms with Crippen LogP contribution in [-0.2, 0) is 48.4 Å².